The van der Waals surface area contributed by atoms with E-state index in [4.69, 9.17) is 0 Å². The molecule has 0 fully saturated rings. The lowest BCUT2D eigenvalue weighted by molar-refractivity contribution is 0.548. The number of likely N-dealkylation sites (N-methyl/N-ethyl adjacent to an activating group) is 2. The fourth-order valence-corrected chi connectivity index (χ4v) is 2.05. The van der Waals surface area contributed by atoms with E-state index in [2.05, 4.69) is 56.5 Å². The second-order valence-electron chi connectivity index (χ2n) is 5.72. The van der Waals surface area contributed by atoms with Gasteiger partial charge in [-0.25, -0.2) is 0 Å². The van der Waals surface area contributed by atoms with Crippen LogP contribution in [0.3, 0.4) is 0 Å². The van der Waals surface area contributed by atoms with Crippen LogP contribution in [-0.4, -0.2) is 20.6 Å². The van der Waals surface area contributed by atoms with Crippen LogP contribution in [0.15, 0.2) is 18.2 Å². The molecule has 1 atom stereocenters. The van der Waals surface area contributed by atoms with Gasteiger partial charge < -0.3 is 10.6 Å². The summed E-state index contributed by atoms with van der Waals surface area (Å²) in [6, 6.07) is 7.19. The van der Waals surface area contributed by atoms with E-state index in [9.17, 15) is 0 Å². The summed E-state index contributed by atoms with van der Waals surface area (Å²) in [4.78, 5) is 0. The fourth-order valence-electron chi connectivity index (χ4n) is 2.05. The maximum absolute atomic E-state index is 3.38. The minimum atomic E-state index is 0.209. The fraction of sp³-hybridized carbons (Fsp3) is 0.600. The first-order valence-electron chi connectivity index (χ1n) is 6.33. The quantitative estimate of drug-likeness (QED) is 0.837. The van der Waals surface area contributed by atoms with Crippen LogP contribution in [0.4, 0.5) is 0 Å². The van der Waals surface area contributed by atoms with Crippen LogP contribution < -0.4 is 10.6 Å². The topological polar surface area (TPSA) is 24.1 Å². The lowest BCUT2D eigenvalue weighted by atomic mass is 9.84. The van der Waals surface area contributed by atoms with Crippen LogP contribution in [0.1, 0.15) is 43.5 Å². The van der Waals surface area contributed by atoms with E-state index in [0.29, 0.717) is 6.04 Å². The molecule has 96 valence electrons. The van der Waals surface area contributed by atoms with E-state index in [1.807, 2.05) is 14.1 Å². The van der Waals surface area contributed by atoms with Gasteiger partial charge in [0.2, 0.25) is 0 Å². The first-order valence-corrected chi connectivity index (χ1v) is 6.33. The molecule has 0 radical (unpaired) electrons. The maximum atomic E-state index is 3.38. The Morgan fingerprint density at radius 3 is 2.29 bits per heavy atom. The summed E-state index contributed by atoms with van der Waals surface area (Å²) >= 11 is 0. The van der Waals surface area contributed by atoms with Crippen LogP contribution in [-0.2, 0) is 5.41 Å². The number of nitrogens with one attached hydrogen (secondary N) is 2. The van der Waals surface area contributed by atoms with E-state index >= 15 is 0 Å². The smallest absolute Gasteiger partial charge is 0.0446 e. The van der Waals surface area contributed by atoms with Gasteiger partial charge in [-0.3, -0.25) is 0 Å². The van der Waals surface area contributed by atoms with Crippen molar-refractivity contribution in [2.45, 2.75) is 39.2 Å². The van der Waals surface area contributed by atoms with Gasteiger partial charge in [0.25, 0.3) is 0 Å². The number of rotatable bonds is 4. The predicted octanol–water partition coefficient (Wildman–Crippen LogP) is 2.77. The Labute approximate surface area is 106 Å². The summed E-state index contributed by atoms with van der Waals surface area (Å²) in [7, 11) is 4.01. The summed E-state index contributed by atoms with van der Waals surface area (Å²) in [5, 5.41) is 6.62. The van der Waals surface area contributed by atoms with E-state index < -0.39 is 0 Å². The average Bonchev–Trinajstić information content (AvgIpc) is 2.25. The van der Waals surface area contributed by atoms with Crippen molar-refractivity contribution in [2.75, 3.05) is 20.6 Å². The number of hydrogen-bond donors (Lipinski definition) is 2. The summed E-state index contributed by atoms with van der Waals surface area (Å²) in [5.74, 6) is 0. The van der Waals surface area contributed by atoms with Gasteiger partial charge in [-0.05, 0) is 43.1 Å². The Hall–Kier alpha value is -0.860. The van der Waals surface area contributed by atoms with Crippen molar-refractivity contribution in [1.29, 1.82) is 0 Å². The second-order valence-corrected chi connectivity index (χ2v) is 5.72. The third-order valence-electron chi connectivity index (χ3n) is 3.28. The highest BCUT2D eigenvalue weighted by atomic mass is 14.9. The standard InChI is InChI=1S/C15H26N2/c1-11-7-8-12(15(2,3)4)9-13(11)14(17-6)10-16-5/h7-9,14,16-17H,10H2,1-6H3. The first-order chi connectivity index (χ1) is 7.90. The lowest BCUT2D eigenvalue weighted by Gasteiger charge is -2.24. The summed E-state index contributed by atoms with van der Waals surface area (Å²) < 4.78 is 0. The van der Waals surface area contributed by atoms with Gasteiger partial charge in [0, 0.05) is 12.6 Å². The highest BCUT2D eigenvalue weighted by molar-refractivity contribution is 5.36. The molecule has 2 nitrogen and oxygen atoms in total. The van der Waals surface area contributed by atoms with Crippen LogP contribution in [0.2, 0.25) is 0 Å². The van der Waals surface area contributed by atoms with Crippen LogP contribution in [0.5, 0.6) is 0 Å². The molecular formula is C15H26N2. The largest absolute Gasteiger partial charge is 0.318 e. The van der Waals surface area contributed by atoms with Gasteiger partial charge in [-0.15, -0.1) is 0 Å². The lowest BCUT2D eigenvalue weighted by Crippen LogP contribution is -2.28. The maximum Gasteiger partial charge on any atom is 0.0446 e. The third kappa shape index (κ3) is 3.55. The third-order valence-corrected chi connectivity index (χ3v) is 3.28. The van der Waals surface area contributed by atoms with Crippen molar-refractivity contribution < 1.29 is 0 Å². The van der Waals surface area contributed by atoms with Gasteiger partial charge >= 0.3 is 0 Å². The van der Waals surface area contributed by atoms with Gasteiger partial charge in [0.15, 0.2) is 0 Å². The SMILES string of the molecule is CNCC(NC)c1cc(C(C)(C)C)ccc1C. The first kappa shape index (κ1) is 14.2. The number of benzene rings is 1. The molecule has 1 unspecified atom stereocenters. The van der Waals surface area contributed by atoms with Gasteiger partial charge in [-0.2, -0.15) is 0 Å². The Balaban J connectivity index is 3.13. The number of aryl methyl sites for hydroxylation is 1. The summed E-state index contributed by atoms with van der Waals surface area (Å²) in [5.41, 5.74) is 4.36. The van der Waals surface area contributed by atoms with Gasteiger partial charge in [0.1, 0.15) is 0 Å². The minimum absolute atomic E-state index is 0.209. The second kappa shape index (κ2) is 5.65. The molecular weight excluding hydrogens is 208 g/mol. The Morgan fingerprint density at radius 2 is 1.82 bits per heavy atom. The van der Waals surface area contributed by atoms with Crippen LogP contribution in [0, 0.1) is 6.92 Å². The monoisotopic (exact) mass is 234 g/mol. The average molecular weight is 234 g/mol. The Bertz CT molecular complexity index is 364. The molecule has 1 aromatic rings. The molecule has 0 saturated heterocycles. The molecule has 0 bridgehead atoms. The van der Waals surface area contributed by atoms with E-state index in [1.165, 1.54) is 16.7 Å². The summed E-state index contributed by atoms with van der Waals surface area (Å²) in [6.07, 6.45) is 0. The molecule has 1 rings (SSSR count). The van der Waals surface area contributed by atoms with Crippen molar-refractivity contribution in [2.24, 2.45) is 0 Å². The highest BCUT2D eigenvalue weighted by Crippen LogP contribution is 2.27. The molecule has 17 heavy (non-hydrogen) atoms. The normalized spacial score (nSPS) is 13.8. The molecule has 1 aromatic carbocycles. The zero-order chi connectivity index (χ0) is 13.1. The molecule has 2 N–H and O–H groups in total. The van der Waals surface area contributed by atoms with Gasteiger partial charge in [0.05, 0.1) is 0 Å². The highest BCUT2D eigenvalue weighted by Gasteiger charge is 2.17. The predicted molar refractivity (Wildman–Crippen MR) is 75.6 cm³/mol. The van der Waals surface area contributed by atoms with Crippen molar-refractivity contribution >= 4 is 0 Å². The van der Waals surface area contributed by atoms with Crippen molar-refractivity contribution in [3.8, 4) is 0 Å². The van der Waals surface area contributed by atoms with Crippen molar-refractivity contribution in [3.05, 3.63) is 34.9 Å². The molecule has 2 heteroatoms. The van der Waals surface area contributed by atoms with Crippen molar-refractivity contribution in [1.82, 2.24) is 10.6 Å². The minimum Gasteiger partial charge on any atom is -0.318 e. The zero-order valence-corrected chi connectivity index (χ0v) is 12.0. The molecule has 0 saturated carbocycles. The van der Waals surface area contributed by atoms with Crippen LogP contribution in [0.25, 0.3) is 0 Å². The van der Waals surface area contributed by atoms with E-state index in [1.54, 1.807) is 0 Å². The zero-order valence-electron chi connectivity index (χ0n) is 12.0. The van der Waals surface area contributed by atoms with Crippen LogP contribution >= 0.6 is 0 Å². The molecule has 0 aromatic heterocycles. The molecule has 0 aliphatic rings. The van der Waals surface area contributed by atoms with E-state index in [0.717, 1.165) is 6.54 Å². The molecule has 0 aliphatic heterocycles. The summed E-state index contributed by atoms with van der Waals surface area (Å²) in [6.45, 7) is 9.91. The molecule has 0 spiro atoms. The van der Waals surface area contributed by atoms with Gasteiger partial charge in [-0.1, -0.05) is 39.0 Å². The molecule has 0 heterocycles. The Morgan fingerprint density at radius 1 is 1.18 bits per heavy atom. The van der Waals surface area contributed by atoms with E-state index in [-0.39, 0.29) is 5.41 Å². The van der Waals surface area contributed by atoms with Crippen molar-refractivity contribution in [3.63, 3.8) is 0 Å². The molecule has 0 aliphatic carbocycles. The molecule has 0 amide bonds. The Kier molecular flexibility index (Phi) is 4.72. The number of hydrogen-bond acceptors (Lipinski definition) is 2.